The maximum absolute atomic E-state index is 14.1. The van der Waals surface area contributed by atoms with Crippen molar-refractivity contribution in [3.8, 4) is 0 Å². The fourth-order valence-corrected chi connectivity index (χ4v) is 3.89. The lowest BCUT2D eigenvalue weighted by Gasteiger charge is -2.30. The van der Waals surface area contributed by atoms with Crippen LogP contribution in [-0.2, 0) is 21.4 Å². The lowest BCUT2D eigenvalue weighted by Crippen LogP contribution is -2.43. The lowest BCUT2D eigenvalue weighted by atomic mass is 9.85. The number of carbonyl (C=O) groups is 1. The third-order valence-electron chi connectivity index (χ3n) is 5.04. The molecule has 32 heavy (non-hydrogen) atoms. The third-order valence-corrected chi connectivity index (χ3v) is 5.50. The molecule has 3 rings (SSSR count). The highest BCUT2D eigenvalue weighted by molar-refractivity contribution is 9.10. The molecule has 172 valence electrons. The molecule has 0 spiro atoms. The first kappa shape index (κ1) is 24.1. The summed E-state index contributed by atoms with van der Waals surface area (Å²) >= 11 is 2.85. The molecule has 2 unspecified atom stereocenters. The molecule has 2 aromatic carbocycles. The molecule has 0 aromatic heterocycles. The van der Waals surface area contributed by atoms with Gasteiger partial charge in [-0.3, -0.25) is 4.79 Å². The minimum Gasteiger partial charge on any atom is -0.374 e. The van der Waals surface area contributed by atoms with Crippen molar-refractivity contribution in [3.05, 3.63) is 69.2 Å². The molecule has 1 heterocycles. The number of nitrogens with zero attached hydrogens (tertiary/aromatic N) is 1. The summed E-state index contributed by atoms with van der Waals surface area (Å²) in [6.07, 6.45) is -10.7. The number of carbonyl (C=O) groups excluding carboxylic acids is 1. The van der Waals surface area contributed by atoms with E-state index in [9.17, 15) is 31.1 Å². The first-order valence-corrected chi connectivity index (χ1v) is 10.1. The SMILES string of the molecule is CC(=O)NC(C)c1ccc(C2=NOC(c3cc(Br)cc(C(F)(F)F)c3)(C(F)(F)F)C2)cc1. The number of alkyl halides is 6. The molecule has 0 saturated carbocycles. The highest BCUT2D eigenvalue weighted by Crippen LogP contribution is 2.50. The van der Waals surface area contributed by atoms with Crippen LogP contribution in [0.1, 0.15) is 48.6 Å². The second kappa shape index (κ2) is 8.42. The Bertz CT molecular complexity index is 1050. The molecule has 0 radical (unpaired) electrons. The largest absolute Gasteiger partial charge is 0.435 e. The van der Waals surface area contributed by atoms with Crippen LogP contribution in [0, 0.1) is 0 Å². The number of benzene rings is 2. The summed E-state index contributed by atoms with van der Waals surface area (Å²) in [6, 6.07) is 8.02. The molecular weight excluding hydrogens is 506 g/mol. The monoisotopic (exact) mass is 522 g/mol. The molecule has 4 nitrogen and oxygen atoms in total. The fourth-order valence-electron chi connectivity index (χ4n) is 3.40. The van der Waals surface area contributed by atoms with Crippen molar-refractivity contribution in [3.63, 3.8) is 0 Å². The zero-order chi connectivity index (χ0) is 23.9. The molecule has 0 fully saturated rings. The first-order chi connectivity index (χ1) is 14.7. The molecule has 2 atom stereocenters. The van der Waals surface area contributed by atoms with Gasteiger partial charge in [0, 0.05) is 23.4 Å². The summed E-state index contributed by atoms with van der Waals surface area (Å²) < 4.78 is 81.7. The van der Waals surface area contributed by atoms with Gasteiger partial charge in [-0.1, -0.05) is 45.4 Å². The zero-order valence-corrected chi connectivity index (χ0v) is 18.3. The van der Waals surface area contributed by atoms with Crippen molar-refractivity contribution in [1.82, 2.24) is 5.32 Å². The van der Waals surface area contributed by atoms with Crippen LogP contribution in [0.5, 0.6) is 0 Å². The number of nitrogens with one attached hydrogen (secondary N) is 1. The van der Waals surface area contributed by atoms with Crippen LogP contribution in [0.15, 0.2) is 52.1 Å². The zero-order valence-electron chi connectivity index (χ0n) is 16.7. The van der Waals surface area contributed by atoms with Crippen LogP contribution >= 0.6 is 15.9 Å². The summed E-state index contributed by atoms with van der Waals surface area (Å²) in [5.74, 6) is -0.239. The van der Waals surface area contributed by atoms with Gasteiger partial charge in [-0.15, -0.1) is 0 Å². The van der Waals surface area contributed by atoms with Crippen molar-refractivity contribution < 1.29 is 36.0 Å². The van der Waals surface area contributed by atoms with Gasteiger partial charge in [0.1, 0.15) is 0 Å². The van der Waals surface area contributed by atoms with Gasteiger partial charge in [-0.25, -0.2) is 0 Å². The number of hydrogen-bond donors (Lipinski definition) is 1. The van der Waals surface area contributed by atoms with Gasteiger partial charge in [0.15, 0.2) is 0 Å². The second-order valence-electron chi connectivity index (χ2n) is 7.40. The summed E-state index contributed by atoms with van der Waals surface area (Å²) in [4.78, 5) is 16.0. The molecule has 0 bridgehead atoms. The van der Waals surface area contributed by atoms with Crippen molar-refractivity contribution in [2.75, 3.05) is 0 Å². The smallest absolute Gasteiger partial charge is 0.374 e. The Balaban J connectivity index is 1.95. The van der Waals surface area contributed by atoms with E-state index < -0.39 is 35.5 Å². The second-order valence-corrected chi connectivity index (χ2v) is 8.32. The number of amides is 1. The molecule has 11 heteroatoms. The van der Waals surface area contributed by atoms with Crippen molar-refractivity contribution in [2.24, 2.45) is 5.16 Å². The molecule has 1 aliphatic heterocycles. The molecule has 1 amide bonds. The molecule has 0 saturated heterocycles. The average Bonchev–Trinajstić information content (AvgIpc) is 3.13. The molecule has 0 aliphatic carbocycles. The van der Waals surface area contributed by atoms with E-state index in [0.717, 1.165) is 6.07 Å². The van der Waals surface area contributed by atoms with Gasteiger partial charge in [0.25, 0.3) is 5.60 Å². The summed E-state index contributed by atoms with van der Waals surface area (Å²) in [6.45, 7) is 3.10. The Morgan fingerprint density at radius 1 is 1.12 bits per heavy atom. The molecular formula is C21H17BrF6N2O2. The summed E-state index contributed by atoms with van der Waals surface area (Å²) in [7, 11) is 0. The Hall–Kier alpha value is -2.56. The van der Waals surface area contributed by atoms with Crippen LogP contribution in [-0.4, -0.2) is 17.8 Å². The van der Waals surface area contributed by atoms with Gasteiger partial charge in [0.05, 0.1) is 17.3 Å². The number of oxime groups is 1. The van der Waals surface area contributed by atoms with Crippen LogP contribution in [0.25, 0.3) is 0 Å². The minimum atomic E-state index is -5.04. The quantitative estimate of drug-likeness (QED) is 0.482. The van der Waals surface area contributed by atoms with Gasteiger partial charge >= 0.3 is 12.4 Å². The number of halogens is 7. The van der Waals surface area contributed by atoms with Gasteiger partial charge in [-0.2, -0.15) is 26.3 Å². The molecule has 1 aliphatic rings. The Labute approximate surface area is 187 Å². The van der Waals surface area contributed by atoms with Crippen molar-refractivity contribution >= 4 is 27.5 Å². The summed E-state index contributed by atoms with van der Waals surface area (Å²) in [5.41, 5.74) is -4.03. The first-order valence-electron chi connectivity index (χ1n) is 9.30. The minimum absolute atomic E-state index is 0.0606. The van der Waals surface area contributed by atoms with E-state index in [-0.39, 0.29) is 22.1 Å². The van der Waals surface area contributed by atoms with E-state index in [2.05, 4.69) is 26.4 Å². The highest BCUT2D eigenvalue weighted by Gasteiger charge is 2.62. The Morgan fingerprint density at radius 2 is 1.75 bits per heavy atom. The topological polar surface area (TPSA) is 50.7 Å². The highest BCUT2D eigenvalue weighted by atomic mass is 79.9. The third kappa shape index (κ3) is 4.77. The number of rotatable bonds is 4. The van der Waals surface area contributed by atoms with Crippen LogP contribution < -0.4 is 5.32 Å². The van der Waals surface area contributed by atoms with E-state index in [4.69, 9.17) is 4.84 Å². The standard InChI is InChI=1S/C21H17BrF6N2O2/c1-11(29-12(2)31)13-3-5-14(6-4-13)18-10-19(32-30-18,21(26,27)28)15-7-16(20(23,24)25)9-17(22)8-15/h3-9,11H,10H2,1-2H3,(H,29,31). The van der Waals surface area contributed by atoms with Crippen LogP contribution in [0.3, 0.4) is 0 Å². The van der Waals surface area contributed by atoms with Gasteiger partial charge in [-0.05, 0) is 36.2 Å². The fraction of sp³-hybridized carbons (Fsp3) is 0.333. The van der Waals surface area contributed by atoms with Gasteiger partial charge < -0.3 is 10.2 Å². The predicted octanol–water partition coefficient (Wildman–Crippen LogP) is 6.25. The van der Waals surface area contributed by atoms with E-state index in [1.54, 1.807) is 19.1 Å². The summed E-state index contributed by atoms with van der Waals surface area (Å²) in [5, 5.41) is 6.26. The maximum atomic E-state index is 14.1. The number of hydrogen-bond acceptors (Lipinski definition) is 3. The van der Waals surface area contributed by atoms with E-state index in [1.807, 2.05) is 0 Å². The van der Waals surface area contributed by atoms with Crippen molar-refractivity contribution in [2.45, 2.75) is 44.3 Å². The van der Waals surface area contributed by atoms with E-state index in [0.29, 0.717) is 23.3 Å². The normalized spacial score (nSPS) is 19.8. The lowest BCUT2D eigenvalue weighted by molar-refractivity contribution is -0.276. The Kier molecular flexibility index (Phi) is 6.34. The maximum Gasteiger partial charge on any atom is 0.435 e. The van der Waals surface area contributed by atoms with E-state index in [1.165, 1.54) is 19.1 Å². The predicted molar refractivity (Wildman–Crippen MR) is 108 cm³/mol. The average molecular weight is 523 g/mol. The molecule has 2 aromatic rings. The van der Waals surface area contributed by atoms with E-state index >= 15 is 0 Å². The van der Waals surface area contributed by atoms with Crippen LogP contribution in [0.2, 0.25) is 0 Å². The van der Waals surface area contributed by atoms with Crippen LogP contribution in [0.4, 0.5) is 26.3 Å². The Morgan fingerprint density at radius 3 is 2.28 bits per heavy atom. The van der Waals surface area contributed by atoms with Crippen molar-refractivity contribution in [1.29, 1.82) is 0 Å². The molecule has 1 N–H and O–H groups in total. The van der Waals surface area contributed by atoms with Gasteiger partial charge in [0.2, 0.25) is 5.91 Å².